The van der Waals surface area contributed by atoms with E-state index in [0.717, 1.165) is 0 Å². The van der Waals surface area contributed by atoms with Gasteiger partial charge in [-0.05, 0) is 0 Å². The summed E-state index contributed by atoms with van der Waals surface area (Å²) < 4.78 is -0.361. The van der Waals surface area contributed by atoms with Crippen LogP contribution in [0.25, 0.3) is 0 Å². The first-order valence-corrected chi connectivity index (χ1v) is 1.52. The minimum atomic E-state index is -0.361. The van der Waals surface area contributed by atoms with Gasteiger partial charge in [-0.2, -0.15) is 0 Å². The maximum atomic E-state index is 7.63. The Hall–Kier alpha value is 0.639. The van der Waals surface area contributed by atoms with Gasteiger partial charge in [0.25, 0.3) is 0 Å². The van der Waals surface area contributed by atoms with Gasteiger partial charge in [0.1, 0.15) is 0 Å². The van der Waals surface area contributed by atoms with Crippen molar-refractivity contribution in [3.63, 3.8) is 0 Å². The summed E-state index contributed by atoms with van der Waals surface area (Å²) >= 11 is 7.51. The molecule has 0 aromatic carbocycles. The number of halogens is 1. The third kappa shape index (κ3) is 17.3. The third-order valence-electron chi connectivity index (χ3n) is 0. The second kappa shape index (κ2) is 1.91. The van der Waals surface area contributed by atoms with Gasteiger partial charge in [0, 0.05) is 0 Å². The molecule has 0 aromatic rings. The van der Waals surface area contributed by atoms with Crippen molar-refractivity contribution in [1.29, 1.82) is 0 Å². The normalized spacial score (nSPS) is 6.75. The molecule has 0 radical (unpaired) electrons. The summed E-state index contributed by atoms with van der Waals surface area (Å²) in [6.45, 7) is 0. The van der Waals surface area contributed by atoms with Crippen LogP contribution in [0.2, 0.25) is 0 Å². The Morgan fingerprint density at radius 2 is 2.00 bits per heavy atom. The van der Waals surface area contributed by atoms with Crippen molar-refractivity contribution in [2.45, 2.75) is 0 Å². The van der Waals surface area contributed by atoms with Crippen molar-refractivity contribution < 1.29 is 20.7 Å². The molecule has 0 heterocycles. The molecule has 0 aliphatic heterocycles. The number of rotatable bonds is 0. The first-order valence-electron chi connectivity index (χ1n) is 0.589. The molecule has 0 aliphatic rings. The summed E-state index contributed by atoms with van der Waals surface area (Å²) in [6.07, 6.45) is 0. The zero-order valence-electron chi connectivity index (χ0n) is 1.68. The average Bonchev–Trinajstić information content (AvgIpc) is 0.811. The van der Waals surface area contributed by atoms with Crippen molar-refractivity contribution in [2.24, 2.45) is 0 Å². The Morgan fingerprint density at radius 3 is 2.00 bits per heavy atom. The predicted molar refractivity (Wildman–Crippen MR) is 12.8 cm³/mol. The topological polar surface area (TPSA) is 20.2 Å². The van der Waals surface area contributed by atoms with Crippen LogP contribution in [0.5, 0.6) is 0 Å². The van der Waals surface area contributed by atoms with Crippen molar-refractivity contribution in [1.82, 2.24) is 0 Å². The third-order valence-corrected chi connectivity index (χ3v) is 0. The Bertz CT molecular complexity index is 31.0. The molecule has 0 atom stereocenters. The molecule has 0 saturated heterocycles. The fourth-order valence-electron chi connectivity index (χ4n) is 0. The van der Waals surface area contributed by atoms with Gasteiger partial charge in [-0.25, -0.2) is 0 Å². The maximum absolute atomic E-state index is 7.63. The molecule has 1 nitrogen and oxygen atoms in total. The van der Waals surface area contributed by atoms with Gasteiger partial charge in [0.05, 0.1) is 0 Å². The minimum absolute atomic E-state index is 0.361. The summed E-state index contributed by atoms with van der Waals surface area (Å²) in [5, 5.41) is 7.63. The van der Waals surface area contributed by atoms with E-state index in [-0.39, 0.29) is 4.06 Å². The van der Waals surface area contributed by atoms with Crippen LogP contribution in [0.1, 0.15) is 0 Å². The summed E-state index contributed by atoms with van der Waals surface area (Å²) in [6, 6.07) is 0. The molecule has 0 amide bonds. The van der Waals surface area contributed by atoms with Crippen LogP contribution >= 0.6 is 11.6 Å². The van der Waals surface area contributed by atoms with Crippen molar-refractivity contribution >= 4 is 15.7 Å². The zero-order valence-corrected chi connectivity index (χ0v) is 3.54. The van der Waals surface area contributed by atoms with E-state index >= 15 is 0 Å². The molecule has 0 aliphatic carbocycles. The van der Waals surface area contributed by atoms with Crippen molar-refractivity contribution in [2.75, 3.05) is 0 Å². The quantitative estimate of drug-likeness (QED) is 0.454. The predicted octanol–water partition coefficient (Wildman–Crippen LogP) is 0.232. The molecule has 4 heavy (non-hydrogen) atoms. The molecule has 0 saturated carbocycles. The summed E-state index contributed by atoms with van der Waals surface area (Å²) in [5.74, 6) is 0. The molecule has 3 heteroatoms. The van der Waals surface area contributed by atoms with Crippen LogP contribution in [-0.2, 0) is 15.6 Å². The fraction of sp³-hybridized carbons (Fsp3) is 0. The van der Waals surface area contributed by atoms with Gasteiger partial charge in [0.15, 0.2) is 0 Å². The van der Waals surface area contributed by atoms with E-state index in [4.69, 9.17) is 5.11 Å². The SMILES string of the molecule is O[C](Cl)=[Fe]. The van der Waals surface area contributed by atoms with Gasteiger partial charge < -0.3 is 0 Å². The van der Waals surface area contributed by atoms with Gasteiger partial charge in [-0.15, -0.1) is 0 Å². The van der Waals surface area contributed by atoms with Crippen LogP contribution < -0.4 is 0 Å². The van der Waals surface area contributed by atoms with Gasteiger partial charge in [0.2, 0.25) is 0 Å². The van der Waals surface area contributed by atoms with Gasteiger partial charge in [-0.3, -0.25) is 0 Å². The van der Waals surface area contributed by atoms with E-state index in [1.807, 2.05) is 0 Å². The molecular formula is CHClFeO. The van der Waals surface area contributed by atoms with E-state index in [2.05, 4.69) is 27.2 Å². The number of aliphatic hydroxyl groups excluding tert-OH is 1. The second-order valence-electron chi connectivity index (χ2n) is 0.230. The first kappa shape index (κ1) is 4.64. The first-order chi connectivity index (χ1) is 1.73. The monoisotopic (exact) mass is 120 g/mol. The van der Waals surface area contributed by atoms with E-state index < -0.39 is 0 Å². The summed E-state index contributed by atoms with van der Waals surface area (Å²) in [4.78, 5) is 0. The van der Waals surface area contributed by atoms with Crippen molar-refractivity contribution in [3.05, 3.63) is 0 Å². The number of hydrogen-bond donors (Lipinski definition) is 1. The molecular weight excluding hydrogens is 119 g/mol. The molecule has 0 rings (SSSR count). The molecule has 0 bridgehead atoms. The van der Waals surface area contributed by atoms with Gasteiger partial charge in [-0.1, -0.05) is 0 Å². The van der Waals surface area contributed by atoms with Crippen LogP contribution in [0, 0.1) is 0 Å². The van der Waals surface area contributed by atoms with Gasteiger partial charge >= 0.3 is 36.3 Å². The number of aliphatic hydroxyl groups is 1. The standard InChI is InChI=1S/CHClO.Fe/c2-1-3;/h3H;. The number of hydrogen-bond acceptors (Lipinski definition) is 1. The second-order valence-corrected chi connectivity index (χ2v) is 1.41. The van der Waals surface area contributed by atoms with Crippen LogP contribution in [0.15, 0.2) is 0 Å². The Kier molecular flexibility index (Phi) is 2.22. The fourth-order valence-corrected chi connectivity index (χ4v) is 0. The van der Waals surface area contributed by atoms with Crippen LogP contribution in [0.4, 0.5) is 0 Å². The average molecular weight is 120 g/mol. The van der Waals surface area contributed by atoms with E-state index in [1.165, 1.54) is 0 Å². The molecule has 0 spiro atoms. The molecule has 0 fully saturated rings. The zero-order chi connectivity index (χ0) is 3.58. The van der Waals surface area contributed by atoms with Crippen LogP contribution in [-0.4, -0.2) is 9.17 Å². The van der Waals surface area contributed by atoms with Crippen molar-refractivity contribution in [3.8, 4) is 0 Å². The summed E-state index contributed by atoms with van der Waals surface area (Å²) in [7, 11) is 0. The van der Waals surface area contributed by atoms with E-state index in [1.54, 1.807) is 0 Å². The van der Waals surface area contributed by atoms with Crippen LogP contribution in [0.3, 0.4) is 0 Å². The Morgan fingerprint density at radius 1 is 2.00 bits per heavy atom. The van der Waals surface area contributed by atoms with E-state index in [9.17, 15) is 0 Å². The Balaban J connectivity index is 2.80. The molecule has 0 aromatic heterocycles. The summed E-state index contributed by atoms with van der Waals surface area (Å²) in [5.41, 5.74) is 0. The van der Waals surface area contributed by atoms with E-state index in [0.29, 0.717) is 0 Å². The molecule has 1 N–H and O–H groups in total. The Labute approximate surface area is 36.9 Å². The molecule has 0 unspecified atom stereocenters. The molecule has 26 valence electrons.